The summed E-state index contributed by atoms with van der Waals surface area (Å²) in [5.41, 5.74) is 3.40. The molecule has 10 nitrogen and oxygen atoms in total. The second kappa shape index (κ2) is 13.9. The fourth-order valence-corrected chi connectivity index (χ4v) is 6.14. The largest absolute Gasteiger partial charge is 0.493 e. The maximum Gasteiger partial charge on any atom is 0.338 e. The number of esters is 1. The molecule has 3 aliphatic rings. The van der Waals surface area contributed by atoms with Crippen LogP contribution in [0.4, 0.5) is 0 Å². The van der Waals surface area contributed by atoms with Crippen LogP contribution in [0.3, 0.4) is 0 Å². The lowest BCUT2D eigenvalue weighted by molar-refractivity contribution is -0.141. The SMILES string of the molecule is COc1ccc([C@H]2C(C(=O)OCc3ccccc3)=C(C)N=C3SC=C(CC(=O)NCCN4CCOCC4)N32)cc1OC. The number of nitrogens with zero attached hydrogens (tertiary/aromatic N) is 3. The normalized spacial score (nSPS) is 18.6. The Labute approximate surface area is 250 Å². The number of carbonyl (C=O) groups is 2. The third-order valence-electron chi connectivity index (χ3n) is 7.35. The van der Waals surface area contributed by atoms with E-state index in [1.165, 1.54) is 11.8 Å². The smallest absolute Gasteiger partial charge is 0.338 e. The van der Waals surface area contributed by atoms with Gasteiger partial charge in [-0.05, 0) is 35.6 Å². The van der Waals surface area contributed by atoms with E-state index in [4.69, 9.17) is 23.9 Å². The van der Waals surface area contributed by atoms with Crippen LogP contribution in [0, 0.1) is 0 Å². The van der Waals surface area contributed by atoms with Gasteiger partial charge in [0.15, 0.2) is 16.7 Å². The topological polar surface area (TPSA) is 102 Å². The van der Waals surface area contributed by atoms with Gasteiger partial charge in [-0.2, -0.15) is 0 Å². The quantitative estimate of drug-likeness (QED) is 0.390. The van der Waals surface area contributed by atoms with Crippen molar-refractivity contribution in [3.63, 3.8) is 0 Å². The highest BCUT2D eigenvalue weighted by Gasteiger charge is 2.41. The van der Waals surface area contributed by atoms with Crippen molar-refractivity contribution in [2.24, 2.45) is 4.99 Å². The summed E-state index contributed by atoms with van der Waals surface area (Å²) in [4.78, 5) is 35.8. The molecule has 1 amide bonds. The standard InChI is InChI=1S/C31H36N4O6S/c1-21-28(30(37)41-19-22-7-5-4-6-8-22)29(23-9-10-25(38-2)26(17-23)39-3)35-24(20-42-31(35)33-21)18-27(36)32-11-12-34-13-15-40-16-14-34/h4-10,17,20,29H,11-16,18-19H2,1-3H3,(H,32,36)/t29-/m0/s1. The number of aliphatic imine (C=N–C) groups is 1. The first kappa shape index (κ1) is 29.7. The van der Waals surface area contributed by atoms with E-state index in [9.17, 15) is 9.59 Å². The molecule has 0 spiro atoms. The van der Waals surface area contributed by atoms with Crippen molar-refractivity contribution in [3.8, 4) is 11.5 Å². The highest BCUT2D eigenvalue weighted by atomic mass is 32.2. The minimum Gasteiger partial charge on any atom is -0.493 e. The monoisotopic (exact) mass is 592 g/mol. The lowest BCUT2D eigenvalue weighted by atomic mass is 9.93. The second-order valence-corrected chi connectivity index (χ2v) is 10.9. The van der Waals surface area contributed by atoms with Crippen molar-refractivity contribution in [1.29, 1.82) is 0 Å². The number of ether oxygens (including phenoxy) is 4. The maximum absolute atomic E-state index is 13.7. The van der Waals surface area contributed by atoms with Crippen molar-refractivity contribution >= 4 is 28.8 Å². The Morgan fingerprint density at radius 2 is 1.83 bits per heavy atom. The van der Waals surface area contributed by atoms with E-state index in [-0.39, 0.29) is 18.9 Å². The van der Waals surface area contributed by atoms with E-state index in [2.05, 4.69) is 10.2 Å². The van der Waals surface area contributed by atoms with Gasteiger partial charge in [-0.15, -0.1) is 0 Å². The van der Waals surface area contributed by atoms with Gasteiger partial charge in [0.05, 0.1) is 51.2 Å². The first-order valence-electron chi connectivity index (χ1n) is 13.9. The highest BCUT2D eigenvalue weighted by molar-refractivity contribution is 8.16. The first-order valence-corrected chi connectivity index (χ1v) is 14.8. The van der Waals surface area contributed by atoms with Crippen LogP contribution in [-0.2, 0) is 25.7 Å². The average Bonchev–Trinajstić information content (AvgIpc) is 3.41. The summed E-state index contributed by atoms with van der Waals surface area (Å²) in [6, 6.07) is 14.5. The molecule has 42 heavy (non-hydrogen) atoms. The number of allylic oxidation sites excluding steroid dienone is 1. The van der Waals surface area contributed by atoms with Crippen molar-refractivity contribution < 1.29 is 28.5 Å². The zero-order chi connectivity index (χ0) is 29.5. The molecule has 1 saturated heterocycles. The number of fused-ring (bicyclic) bond motifs is 1. The Bertz CT molecular complexity index is 1390. The molecule has 0 saturated carbocycles. The number of nitrogens with one attached hydrogen (secondary N) is 1. The number of carbonyl (C=O) groups excluding carboxylic acids is 2. The summed E-state index contributed by atoms with van der Waals surface area (Å²) in [5.74, 6) is 0.546. The minimum atomic E-state index is -0.581. The molecule has 0 radical (unpaired) electrons. The molecule has 0 aliphatic carbocycles. The third kappa shape index (κ3) is 6.80. The number of benzene rings is 2. The predicted molar refractivity (Wildman–Crippen MR) is 161 cm³/mol. The molecule has 0 aromatic heterocycles. The van der Waals surface area contributed by atoms with Gasteiger partial charge in [-0.1, -0.05) is 48.2 Å². The fourth-order valence-electron chi connectivity index (χ4n) is 5.18. The predicted octanol–water partition coefficient (Wildman–Crippen LogP) is 3.86. The summed E-state index contributed by atoms with van der Waals surface area (Å²) in [6.45, 7) is 6.44. The summed E-state index contributed by atoms with van der Waals surface area (Å²) >= 11 is 1.44. The van der Waals surface area contributed by atoms with Crippen LogP contribution in [0.25, 0.3) is 0 Å². The van der Waals surface area contributed by atoms with E-state index >= 15 is 0 Å². The Morgan fingerprint density at radius 3 is 2.57 bits per heavy atom. The molecule has 5 rings (SSSR count). The van der Waals surface area contributed by atoms with Crippen molar-refractivity contribution in [3.05, 3.63) is 82.0 Å². The van der Waals surface area contributed by atoms with Gasteiger partial charge in [0.1, 0.15) is 6.61 Å². The molecule has 2 aromatic carbocycles. The maximum atomic E-state index is 13.7. The van der Waals surface area contributed by atoms with Crippen LogP contribution >= 0.6 is 11.8 Å². The molecule has 2 aromatic rings. The summed E-state index contributed by atoms with van der Waals surface area (Å²) < 4.78 is 22.3. The van der Waals surface area contributed by atoms with Crippen LogP contribution in [0.1, 0.15) is 30.5 Å². The van der Waals surface area contributed by atoms with Gasteiger partial charge in [-0.25, -0.2) is 9.79 Å². The number of morpholine rings is 1. The van der Waals surface area contributed by atoms with Gasteiger partial charge in [0.25, 0.3) is 0 Å². The number of thioether (sulfide) groups is 1. The molecule has 11 heteroatoms. The molecular weight excluding hydrogens is 556 g/mol. The lowest BCUT2D eigenvalue weighted by Crippen LogP contribution is -2.42. The lowest BCUT2D eigenvalue weighted by Gasteiger charge is -2.36. The zero-order valence-electron chi connectivity index (χ0n) is 24.1. The van der Waals surface area contributed by atoms with Gasteiger partial charge < -0.3 is 29.2 Å². The highest BCUT2D eigenvalue weighted by Crippen LogP contribution is 2.46. The van der Waals surface area contributed by atoms with Crippen molar-refractivity contribution in [2.75, 3.05) is 53.6 Å². The molecule has 0 unspecified atom stereocenters. The van der Waals surface area contributed by atoms with Gasteiger partial charge >= 0.3 is 5.97 Å². The molecule has 1 fully saturated rings. The summed E-state index contributed by atoms with van der Waals surface area (Å²) in [7, 11) is 3.15. The fraction of sp³-hybridized carbons (Fsp3) is 0.387. The molecule has 222 valence electrons. The number of amides is 1. The molecule has 0 bridgehead atoms. The Morgan fingerprint density at radius 1 is 1.07 bits per heavy atom. The number of methoxy groups -OCH3 is 2. The van der Waals surface area contributed by atoms with Crippen molar-refractivity contribution in [1.82, 2.24) is 15.1 Å². The van der Waals surface area contributed by atoms with Crippen LogP contribution < -0.4 is 14.8 Å². The summed E-state index contributed by atoms with van der Waals surface area (Å²) in [6.07, 6.45) is 0.143. The van der Waals surface area contributed by atoms with E-state index in [0.717, 1.165) is 49.7 Å². The van der Waals surface area contributed by atoms with Gasteiger partial charge in [0.2, 0.25) is 5.91 Å². The molecule has 3 aliphatic heterocycles. The van der Waals surface area contributed by atoms with E-state index < -0.39 is 12.0 Å². The molecule has 3 heterocycles. The van der Waals surface area contributed by atoms with Gasteiger partial charge in [-0.3, -0.25) is 9.69 Å². The van der Waals surface area contributed by atoms with E-state index in [1.807, 2.05) is 65.8 Å². The number of rotatable bonds is 11. The van der Waals surface area contributed by atoms with Gasteiger partial charge in [0, 0.05) is 31.9 Å². The van der Waals surface area contributed by atoms with Crippen LogP contribution in [0.15, 0.2) is 75.9 Å². The number of hydrogen-bond acceptors (Lipinski definition) is 10. The minimum absolute atomic E-state index is 0.0955. The Balaban J connectivity index is 1.39. The third-order valence-corrected chi connectivity index (χ3v) is 8.24. The van der Waals surface area contributed by atoms with Crippen molar-refractivity contribution in [2.45, 2.75) is 26.0 Å². The molecular formula is C31H36N4O6S. The second-order valence-electron chi connectivity index (χ2n) is 10.0. The van der Waals surface area contributed by atoms with E-state index in [0.29, 0.717) is 34.5 Å². The Hall–Kier alpha value is -3.80. The number of hydrogen-bond donors (Lipinski definition) is 1. The van der Waals surface area contributed by atoms with Crippen LogP contribution in [0.5, 0.6) is 11.5 Å². The zero-order valence-corrected chi connectivity index (χ0v) is 24.9. The Kier molecular flexibility index (Phi) is 9.83. The number of amidine groups is 1. The summed E-state index contributed by atoms with van der Waals surface area (Å²) in [5, 5.41) is 5.67. The van der Waals surface area contributed by atoms with E-state index in [1.54, 1.807) is 14.2 Å². The van der Waals surface area contributed by atoms with Crippen LogP contribution in [0.2, 0.25) is 0 Å². The average molecular weight is 593 g/mol. The van der Waals surface area contributed by atoms with Crippen LogP contribution in [-0.4, -0.2) is 80.5 Å². The molecule has 1 N–H and O–H groups in total. The molecule has 1 atom stereocenters. The first-order chi connectivity index (χ1) is 20.5.